The smallest absolute Gasteiger partial charge is 0.206 e. The van der Waals surface area contributed by atoms with Crippen molar-refractivity contribution in [3.63, 3.8) is 0 Å². The fraction of sp³-hybridized carbons (Fsp3) is 0.107. The van der Waals surface area contributed by atoms with Gasteiger partial charge >= 0.3 is 0 Å². The van der Waals surface area contributed by atoms with Crippen molar-refractivity contribution in [3.05, 3.63) is 111 Å². The van der Waals surface area contributed by atoms with Gasteiger partial charge in [-0.15, -0.1) is 32.9 Å². The van der Waals surface area contributed by atoms with Gasteiger partial charge in [-0.2, -0.15) is 0 Å². The van der Waals surface area contributed by atoms with Gasteiger partial charge in [0.1, 0.15) is 10.0 Å². The first-order chi connectivity index (χ1) is 19.1. The van der Waals surface area contributed by atoms with Crippen molar-refractivity contribution >= 4 is 66.9 Å². The number of thiazole rings is 1. The van der Waals surface area contributed by atoms with Crippen LogP contribution in [0.2, 0.25) is 0 Å². The molecule has 0 aliphatic carbocycles. The molecule has 3 heterocycles. The Morgan fingerprint density at radius 2 is 1.72 bits per heavy atom. The lowest BCUT2D eigenvalue weighted by molar-refractivity contribution is 0.542. The van der Waals surface area contributed by atoms with Crippen LogP contribution in [0.5, 0.6) is 0 Å². The molecule has 3 aromatic carbocycles. The highest BCUT2D eigenvalue weighted by Gasteiger charge is 2.19. The number of hydrogen-bond acceptors (Lipinski definition) is 9. The fourth-order valence-electron chi connectivity index (χ4n) is 4.29. The molecule has 0 bridgehead atoms. The number of anilines is 2. The zero-order valence-corrected chi connectivity index (χ0v) is 23.7. The van der Waals surface area contributed by atoms with Crippen molar-refractivity contribution in [2.45, 2.75) is 18.9 Å². The van der Waals surface area contributed by atoms with Crippen LogP contribution in [0.1, 0.15) is 27.9 Å². The fourth-order valence-corrected chi connectivity index (χ4v) is 7.13. The number of nitrogens with zero attached hydrogens (tertiary/aromatic N) is 3. The van der Waals surface area contributed by atoms with E-state index in [1.807, 2.05) is 24.3 Å². The Kier molecular flexibility index (Phi) is 7.75. The van der Waals surface area contributed by atoms with Crippen molar-refractivity contribution in [1.29, 1.82) is 0 Å². The van der Waals surface area contributed by atoms with Crippen molar-refractivity contribution in [3.8, 4) is 9.88 Å². The molecule has 0 saturated heterocycles. The van der Waals surface area contributed by atoms with E-state index in [0.29, 0.717) is 18.5 Å². The summed E-state index contributed by atoms with van der Waals surface area (Å²) in [5.74, 6) is 0. The highest BCUT2D eigenvalue weighted by Crippen LogP contribution is 2.33. The van der Waals surface area contributed by atoms with Gasteiger partial charge in [-0.05, 0) is 51.9 Å². The molecule has 39 heavy (non-hydrogen) atoms. The summed E-state index contributed by atoms with van der Waals surface area (Å²) in [6.07, 6.45) is 1.36. The molecule has 0 spiro atoms. The Bertz CT molecular complexity index is 1710. The monoisotopic (exact) mass is 588 g/mol. The molecular weight excluding hydrogens is 567 g/mol. The van der Waals surface area contributed by atoms with Crippen LogP contribution in [0.4, 0.5) is 10.8 Å². The number of thiophene rings is 1. The van der Waals surface area contributed by atoms with E-state index in [1.54, 1.807) is 46.1 Å². The van der Waals surface area contributed by atoms with Gasteiger partial charge in [0.05, 0.1) is 16.6 Å². The van der Waals surface area contributed by atoms with Gasteiger partial charge < -0.3 is 14.6 Å². The second-order valence-corrected chi connectivity index (χ2v) is 12.4. The highest BCUT2D eigenvalue weighted by atomic mass is 32.2. The maximum atomic E-state index is 11.0. The molecule has 7 nitrogen and oxygen atoms in total. The summed E-state index contributed by atoms with van der Waals surface area (Å²) in [6, 6.07) is 26.1. The van der Waals surface area contributed by atoms with Gasteiger partial charge in [0.2, 0.25) is 5.13 Å². The molecule has 2 atom stereocenters. The summed E-state index contributed by atoms with van der Waals surface area (Å²) in [5, 5.41) is 21.7. The summed E-state index contributed by atoms with van der Waals surface area (Å²) in [7, 11) is 0. The average molecular weight is 589 g/mol. The molecule has 6 rings (SSSR count). The Hall–Kier alpha value is -3.48. The van der Waals surface area contributed by atoms with E-state index in [-0.39, 0.29) is 6.04 Å². The van der Waals surface area contributed by atoms with E-state index in [1.165, 1.54) is 16.3 Å². The molecule has 1 unspecified atom stereocenters. The van der Waals surface area contributed by atoms with E-state index in [4.69, 9.17) is 4.98 Å². The van der Waals surface area contributed by atoms with Crippen LogP contribution in [0, 0.1) is 0 Å². The predicted molar refractivity (Wildman–Crippen MR) is 161 cm³/mol. The third kappa shape index (κ3) is 6.40. The van der Waals surface area contributed by atoms with Gasteiger partial charge in [-0.25, -0.2) is 4.98 Å². The molecule has 0 aliphatic rings. The molecular formula is C28H22N5O2S4-. The minimum Gasteiger partial charge on any atom is -0.755 e. The third-order valence-corrected chi connectivity index (χ3v) is 9.30. The lowest BCUT2D eigenvalue weighted by Gasteiger charge is -2.17. The van der Waals surface area contributed by atoms with Gasteiger partial charge in [-0.1, -0.05) is 72.0 Å². The van der Waals surface area contributed by atoms with Crippen molar-refractivity contribution in [1.82, 2.24) is 15.2 Å². The SMILES string of the molecule is O=S([O-])Nc1ccc(C[C@H](Nc2nnc(Cc3ccc4ccccc4c3)s2)c2csc(-c3cccs3)n2)cc1. The average Bonchev–Trinajstić information content (AvgIpc) is 3.71. The van der Waals surface area contributed by atoms with Crippen LogP contribution in [-0.4, -0.2) is 23.9 Å². The quantitative estimate of drug-likeness (QED) is 0.166. The lowest BCUT2D eigenvalue weighted by atomic mass is 10.0. The van der Waals surface area contributed by atoms with Crippen LogP contribution >= 0.6 is 34.0 Å². The van der Waals surface area contributed by atoms with E-state index < -0.39 is 11.3 Å². The second-order valence-electron chi connectivity index (χ2n) is 8.85. The molecule has 0 amide bonds. The number of benzene rings is 3. The van der Waals surface area contributed by atoms with E-state index >= 15 is 0 Å². The number of fused-ring (bicyclic) bond motifs is 1. The molecule has 0 radical (unpaired) electrons. The number of aromatic nitrogens is 3. The third-order valence-electron chi connectivity index (χ3n) is 6.14. The van der Waals surface area contributed by atoms with Crippen molar-refractivity contribution < 1.29 is 8.76 Å². The Morgan fingerprint density at radius 1 is 0.897 bits per heavy atom. The molecule has 0 fully saturated rings. The van der Waals surface area contributed by atoms with Crippen molar-refractivity contribution in [2.24, 2.45) is 0 Å². The van der Waals surface area contributed by atoms with Crippen LogP contribution in [0.15, 0.2) is 89.6 Å². The Morgan fingerprint density at radius 3 is 2.51 bits per heavy atom. The first kappa shape index (κ1) is 25.8. The molecule has 0 aliphatic heterocycles. The van der Waals surface area contributed by atoms with Gasteiger partial charge in [0.15, 0.2) is 0 Å². The largest absolute Gasteiger partial charge is 0.755 e. The van der Waals surface area contributed by atoms with Gasteiger partial charge in [0, 0.05) is 28.8 Å². The lowest BCUT2D eigenvalue weighted by Crippen LogP contribution is -2.14. The normalized spacial score (nSPS) is 12.8. The molecule has 11 heteroatoms. The van der Waals surface area contributed by atoms with Crippen LogP contribution < -0.4 is 10.0 Å². The number of rotatable bonds is 10. The summed E-state index contributed by atoms with van der Waals surface area (Å²) in [4.78, 5) is 6.07. The zero-order chi connectivity index (χ0) is 26.6. The summed E-state index contributed by atoms with van der Waals surface area (Å²) in [5.41, 5.74) is 3.69. The topological polar surface area (TPSA) is 103 Å². The van der Waals surface area contributed by atoms with Gasteiger partial charge in [-0.3, -0.25) is 4.21 Å². The number of hydrogen-bond donors (Lipinski definition) is 2. The van der Waals surface area contributed by atoms with E-state index in [0.717, 1.165) is 31.3 Å². The van der Waals surface area contributed by atoms with E-state index in [9.17, 15) is 8.76 Å². The summed E-state index contributed by atoms with van der Waals surface area (Å²) >= 11 is 2.48. The second kappa shape index (κ2) is 11.7. The summed E-state index contributed by atoms with van der Waals surface area (Å²) in [6.45, 7) is 0. The molecule has 2 N–H and O–H groups in total. The molecule has 0 saturated carbocycles. The van der Waals surface area contributed by atoms with Crippen molar-refractivity contribution in [2.75, 3.05) is 10.0 Å². The Balaban J connectivity index is 1.22. The minimum absolute atomic E-state index is 0.135. The number of nitrogens with one attached hydrogen (secondary N) is 2. The highest BCUT2D eigenvalue weighted by molar-refractivity contribution is 7.80. The molecule has 3 aromatic heterocycles. The maximum Gasteiger partial charge on any atom is 0.206 e. The van der Waals surface area contributed by atoms with Crippen LogP contribution in [-0.2, 0) is 24.1 Å². The minimum atomic E-state index is -2.36. The van der Waals surface area contributed by atoms with Gasteiger partial charge in [0.25, 0.3) is 0 Å². The first-order valence-corrected chi connectivity index (χ1v) is 15.7. The summed E-state index contributed by atoms with van der Waals surface area (Å²) < 4.78 is 24.3. The first-order valence-electron chi connectivity index (χ1n) is 12.1. The van der Waals surface area contributed by atoms with Crippen LogP contribution in [0.25, 0.3) is 20.7 Å². The van der Waals surface area contributed by atoms with E-state index in [2.05, 4.69) is 73.5 Å². The molecule has 196 valence electrons. The predicted octanol–water partition coefficient (Wildman–Crippen LogP) is 7.07. The molecule has 6 aromatic rings. The zero-order valence-electron chi connectivity index (χ0n) is 20.4. The maximum absolute atomic E-state index is 11.0. The standard InChI is InChI=1S/C28H23N5O2S4/c34-39(35)33-22-11-8-18(9-12-22)15-23(24-17-37-27(29-24)25-6-3-13-36-25)30-28-32-31-26(38-28)16-19-7-10-20-4-1-2-5-21(20)14-19/h1-14,17,23,33H,15-16H2,(H,30,32)(H,34,35)/p-1/t23-/m0/s1. The Labute approximate surface area is 240 Å². The van der Waals surface area contributed by atoms with Crippen LogP contribution in [0.3, 0.4) is 0 Å².